The third kappa shape index (κ3) is 2.64. The van der Waals surface area contributed by atoms with Crippen LogP contribution in [0.4, 0.5) is 0 Å². The highest BCUT2D eigenvalue weighted by atomic mass is 35.5. The standard InChI is InChI=1S/C15H19ClO2/c1-10(11-6-4-3-5-7-11)13-8-12(17)9-14(16)15(13)18-2/h8-9,11,17H,1,3-7H2,2H3. The number of methoxy groups -OCH3 is 1. The van der Waals surface area contributed by atoms with E-state index in [-0.39, 0.29) is 5.75 Å². The molecule has 0 amide bonds. The van der Waals surface area contributed by atoms with Crippen LogP contribution in [0.2, 0.25) is 5.02 Å². The highest BCUT2D eigenvalue weighted by Gasteiger charge is 2.21. The topological polar surface area (TPSA) is 29.5 Å². The van der Waals surface area contributed by atoms with E-state index in [9.17, 15) is 5.11 Å². The summed E-state index contributed by atoms with van der Waals surface area (Å²) in [5, 5.41) is 10.1. The Balaban J connectivity index is 2.33. The summed E-state index contributed by atoms with van der Waals surface area (Å²) in [7, 11) is 1.59. The van der Waals surface area contributed by atoms with Gasteiger partial charge in [0.15, 0.2) is 0 Å². The van der Waals surface area contributed by atoms with Crippen LogP contribution in [0.3, 0.4) is 0 Å². The van der Waals surface area contributed by atoms with Crippen LogP contribution in [0, 0.1) is 5.92 Å². The van der Waals surface area contributed by atoms with E-state index < -0.39 is 0 Å². The number of hydrogen-bond donors (Lipinski definition) is 1. The first-order valence-corrected chi connectivity index (χ1v) is 6.77. The highest BCUT2D eigenvalue weighted by molar-refractivity contribution is 6.32. The van der Waals surface area contributed by atoms with E-state index in [0.717, 1.165) is 24.0 Å². The number of allylic oxidation sites excluding steroid dienone is 1. The number of aromatic hydroxyl groups is 1. The maximum atomic E-state index is 9.68. The van der Waals surface area contributed by atoms with Crippen molar-refractivity contribution in [2.45, 2.75) is 32.1 Å². The van der Waals surface area contributed by atoms with Gasteiger partial charge in [-0.25, -0.2) is 0 Å². The molecule has 0 heterocycles. The fraction of sp³-hybridized carbons (Fsp3) is 0.467. The lowest BCUT2D eigenvalue weighted by Crippen LogP contribution is -2.08. The molecule has 2 rings (SSSR count). The largest absolute Gasteiger partial charge is 0.508 e. The van der Waals surface area contributed by atoms with Crippen molar-refractivity contribution >= 4 is 17.2 Å². The van der Waals surface area contributed by atoms with Crippen LogP contribution in [-0.2, 0) is 0 Å². The molecule has 3 heteroatoms. The molecule has 1 aromatic rings. The number of phenolic OH excluding ortho intramolecular Hbond substituents is 1. The normalized spacial score (nSPS) is 16.6. The van der Waals surface area contributed by atoms with Gasteiger partial charge in [-0.1, -0.05) is 37.4 Å². The molecule has 1 fully saturated rings. The van der Waals surface area contributed by atoms with E-state index in [4.69, 9.17) is 16.3 Å². The second-order valence-electron chi connectivity index (χ2n) is 4.87. The Morgan fingerprint density at radius 1 is 1.33 bits per heavy atom. The summed E-state index contributed by atoms with van der Waals surface area (Å²) < 4.78 is 5.34. The van der Waals surface area contributed by atoms with E-state index in [1.807, 2.05) is 0 Å². The van der Waals surface area contributed by atoms with Crippen LogP contribution < -0.4 is 4.74 Å². The monoisotopic (exact) mass is 266 g/mol. The smallest absolute Gasteiger partial charge is 0.145 e. The van der Waals surface area contributed by atoms with E-state index in [0.29, 0.717) is 16.7 Å². The van der Waals surface area contributed by atoms with Gasteiger partial charge in [0.25, 0.3) is 0 Å². The molecule has 0 aliphatic heterocycles. The first-order valence-electron chi connectivity index (χ1n) is 6.39. The molecule has 0 spiro atoms. The molecule has 1 aliphatic carbocycles. The van der Waals surface area contributed by atoms with Crippen LogP contribution in [0.1, 0.15) is 37.7 Å². The van der Waals surface area contributed by atoms with Gasteiger partial charge in [0.1, 0.15) is 11.5 Å². The summed E-state index contributed by atoms with van der Waals surface area (Å²) in [6.07, 6.45) is 6.13. The summed E-state index contributed by atoms with van der Waals surface area (Å²) >= 11 is 6.09. The summed E-state index contributed by atoms with van der Waals surface area (Å²) in [5.74, 6) is 1.25. The molecule has 1 N–H and O–H groups in total. The maximum absolute atomic E-state index is 9.68. The zero-order chi connectivity index (χ0) is 13.1. The molecule has 0 saturated heterocycles. The fourth-order valence-corrected chi connectivity index (χ4v) is 2.99. The Morgan fingerprint density at radius 3 is 2.61 bits per heavy atom. The number of rotatable bonds is 3. The van der Waals surface area contributed by atoms with E-state index in [2.05, 4.69) is 6.58 Å². The molecule has 0 atom stereocenters. The molecule has 1 aliphatic rings. The molecule has 1 aromatic carbocycles. The Labute approximate surface area is 113 Å². The average molecular weight is 267 g/mol. The minimum absolute atomic E-state index is 0.160. The van der Waals surface area contributed by atoms with Crippen molar-refractivity contribution in [1.29, 1.82) is 0 Å². The van der Waals surface area contributed by atoms with Gasteiger partial charge in [-0.2, -0.15) is 0 Å². The predicted octanol–water partition coefficient (Wildman–Crippen LogP) is 4.65. The molecule has 18 heavy (non-hydrogen) atoms. The van der Waals surface area contributed by atoms with Gasteiger partial charge in [-0.15, -0.1) is 0 Å². The third-order valence-corrected chi connectivity index (χ3v) is 3.96. The molecule has 98 valence electrons. The number of benzene rings is 1. The van der Waals surface area contributed by atoms with Gasteiger partial charge in [-0.3, -0.25) is 0 Å². The van der Waals surface area contributed by atoms with Crippen LogP contribution in [0.15, 0.2) is 18.7 Å². The van der Waals surface area contributed by atoms with Crippen molar-refractivity contribution in [1.82, 2.24) is 0 Å². The average Bonchev–Trinajstić information content (AvgIpc) is 2.38. The SMILES string of the molecule is C=C(c1cc(O)cc(Cl)c1OC)C1CCCCC1. The number of hydrogen-bond acceptors (Lipinski definition) is 2. The second kappa shape index (κ2) is 5.66. The first-order chi connectivity index (χ1) is 8.63. The van der Waals surface area contributed by atoms with E-state index >= 15 is 0 Å². The van der Waals surface area contributed by atoms with Crippen molar-refractivity contribution in [3.63, 3.8) is 0 Å². The van der Waals surface area contributed by atoms with E-state index in [1.54, 1.807) is 13.2 Å². The minimum Gasteiger partial charge on any atom is -0.508 e. The van der Waals surface area contributed by atoms with Crippen molar-refractivity contribution < 1.29 is 9.84 Å². The van der Waals surface area contributed by atoms with E-state index in [1.165, 1.54) is 25.3 Å². The first kappa shape index (κ1) is 13.3. The van der Waals surface area contributed by atoms with Gasteiger partial charge in [0.2, 0.25) is 0 Å². The van der Waals surface area contributed by atoms with Gasteiger partial charge in [0, 0.05) is 11.6 Å². The molecule has 0 aromatic heterocycles. The number of ether oxygens (including phenoxy) is 1. The molecule has 1 saturated carbocycles. The Bertz CT molecular complexity index is 448. The van der Waals surface area contributed by atoms with Crippen molar-refractivity contribution in [2.24, 2.45) is 5.92 Å². The zero-order valence-electron chi connectivity index (χ0n) is 10.7. The Kier molecular flexibility index (Phi) is 4.18. The molecule has 0 unspecified atom stereocenters. The lowest BCUT2D eigenvalue weighted by molar-refractivity contribution is 0.405. The van der Waals surface area contributed by atoms with Crippen LogP contribution in [0.5, 0.6) is 11.5 Å². The summed E-state index contributed by atoms with van der Waals surface area (Å²) in [5.41, 5.74) is 1.87. The molecular weight excluding hydrogens is 248 g/mol. The van der Waals surface area contributed by atoms with Gasteiger partial charge < -0.3 is 9.84 Å². The van der Waals surface area contributed by atoms with Crippen LogP contribution in [-0.4, -0.2) is 12.2 Å². The summed E-state index contributed by atoms with van der Waals surface area (Å²) in [6, 6.07) is 3.19. The molecule has 0 radical (unpaired) electrons. The summed E-state index contributed by atoms with van der Waals surface area (Å²) in [4.78, 5) is 0. The highest BCUT2D eigenvalue weighted by Crippen LogP contribution is 2.42. The molecular formula is C15H19ClO2. The van der Waals surface area contributed by atoms with Crippen LogP contribution >= 0.6 is 11.6 Å². The summed E-state index contributed by atoms with van der Waals surface area (Å²) in [6.45, 7) is 4.19. The van der Waals surface area contributed by atoms with Crippen molar-refractivity contribution in [3.05, 3.63) is 29.3 Å². The van der Waals surface area contributed by atoms with Crippen molar-refractivity contribution in [2.75, 3.05) is 7.11 Å². The second-order valence-corrected chi connectivity index (χ2v) is 5.28. The number of halogens is 1. The maximum Gasteiger partial charge on any atom is 0.145 e. The van der Waals surface area contributed by atoms with Gasteiger partial charge in [0.05, 0.1) is 12.1 Å². The fourth-order valence-electron chi connectivity index (χ4n) is 2.70. The predicted molar refractivity (Wildman–Crippen MR) is 75.3 cm³/mol. The third-order valence-electron chi connectivity index (χ3n) is 3.68. The minimum atomic E-state index is 0.160. The molecule has 0 bridgehead atoms. The van der Waals surface area contributed by atoms with Gasteiger partial charge >= 0.3 is 0 Å². The van der Waals surface area contributed by atoms with Crippen LogP contribution in [0.25, 0.3) is 5.57 Å². The quantitative estimate of drug-likeness (QED) is 0.863. The van der Waals surface area contributed by atoms with Gasteiger partial charge in [-0.05, 0) is 30.4 Å². The lowest BCUT2D eigenvalue weighted by atomic mass is 9.81. The Hall–Kier alpha value is -1.15. The zero-order valence-corrected chi connectivity index (χ0v) is 11.5. The number of phenols is 1. The molecule has 2 nitrogen and oxygen atoms in total. The lowest BCUT2D eigenvalue weighted by Gasteiger charge is -2.25. The Morgan fingerprint density at radius 2 is 2.00 bits per heavy atom. The van der Waals surface area contributed by atoms with Crippen molar-refractivity contribution in [3.8, 4) is 11.5 Å².